The molecule has 1 aromatic rings. The summed E-state index contributed by atoms with van der Waals surface area (Å²) in [6, 6.07) is 7.92. The molecule has 3 atom stereocenters. The number of halogens is 2. The molecular weight excluding hydrogens is 411 g/mol. The number of carbonyl (C=O) groups is 1. The molecule has 156 valence electrons. The molecule has 8 heteroatoms. The Balaban J connectivity index is 1.57. The van der Waals surface area contributed by atoms with E-state index >= 15 is 0 Å². The van der Waals surface area contributed by atoms with Crippen LogP contribution in [-0.2, 0) is 16.0 Å². The molecule has 0 spiro atoms. The largest absolute Gasteiger partial charge is 0.378 e. The van der Waals surface area contributed by atoms with Crippen LogP contribution in [0.1, 0.15) is 18.4 Å². The molecule has 1 aromatic carbocycles. The fourth-order valence-corrected chi connectivity index (χ4v) is 5.27. The Morgan fingerprint density at radius 2 is 1.86 bits per heavy atom. The molecule has 6 nitrogen and oxygen atoms in total. The van der Waals surface area contributed by atoms with Gasteiger partial charge in [-0.25, -0.2) is 0 Å². The van der Waals surface area contributed by atoms with Gasteiger partial charge in [0.05, 0.1) is 60.4 Å². The van der Waals surface area contributed by atoms with E-state index in [2.05, 4.69) is 15.9 Å². The Hall–Kier alpha value is -1.36. The second-order valence-electron chi connectivity index (χ2n) is 8.05. The van der Waals surface area contributed by atoms with Crippen LogP contribution in [-0.4, -0.2) is 84.7 Å². The quantitative estimate of drug-likeness (QED) is 0.678. The summed E-state index contributed by atoms with van der Waals surface area (Å²) in [6.45, 7) is 4.98. The number of rotatable bonds is 4. The van der Waals surface area contributed by atoms with Crippen molar-refractivity contribution in [2.75, 3.05) is 45.9 Å². The van der Waals surface area contributed by atoms with Crippen molar-refractivity contribution in [2.45, 2.75) is 37.4 Å². The molecule has 4 rings (SSSR count). The average Bonchev–Trinajstić information content (AvgIpc) is 3.25. The number of nitrogens with zero attached hydrogens (tertiary/aromatic N) is 4. The highest BCUT2D eigenvalue weighted by Crippen LogP contribution is 2.30. The van der Waals surface area contributed by atoms with Crippen LogP contribution in [0.15, 0.2) is 18.2 Å². The molecule has 3 saturated heterocycles. The number of amides is 1. The zero-order valence-electron chi connectivity index (χ0n) is 16.4. The zero-order chi connectivity index (χ0) is 20.4. The fraction of sp³-hybridized carbons (Fsp3) is 0.619. The number of benzene rings is 1. The molecule has 0 bridgehead atoms. The van der Waals surface area contributed by atoms with Gasteiger partial charge in [-0.15, -0.1) is 0 Å². The molecule has 3 aliphatic heterocycles. The highest BCUT2D eigenvalue weighted by molar-refractivity contribution is 6.42. The molecule has 29 heavy (non-hydrogen) atoms. The normalized spacial score (nSPS) is 28.2. The van der Waals surface area contributed by atoms with Crippen molar-refractivity contribution in [3.63, 3.8) is 0 Å². The Kier molecular flexibility index (Phi) is 6.63. The minimum absolute atomic E-state index is 0.0409. The van der Waals surface area contributed by atoms with Gasteiger partial charge in [-0.3, -0.25) is 14.6 Å². The van der Waals surface area contributed by atoms with Crippen molar-refractivity contribution in [3.8, 4) is 6.07 Å². The van der Waals surface area contributed by atoms with E-state index in [1.54, 1.807) is 12.1 Å². The fourth-order valence-electron chi connectivity index (χ4n) is 4.95. The van der Waals surface area contributed by atoms with Crippen LogP contribution < -0.4 is 0 Å². The predicted octanol–water partition coefficient (Wildman–Crippen LogP) is 2.44. The van der Waals surface area contributed by atoms with Gasteiger partial charge < -0.3 is 9.64 Å². The van der Waals surface area contributed by atoms with Gasteiger partial charge in [-0.2, -0.15) is 5.26 Å². The first-order valence-electron chi connectivity index (χ1n) is 10.2. The highest BCUT2D eigenvalue weighted by Gasteiger charge is 2.47. The molecule has 3 fully saturated rings. The van der Waals surface area contributed by atoms with E-state index in [4.69, 9.17) is 27.9 Å². The summed E-state index contributed by atoms with van der Waals surface area (Å²) in [6.07, 6.45) is 2.67. The molecule has 1 unspecified atom stereocenters. The smallest absolute Gasteiger partial charge is 0.227 e. The number of carbonyl (C=O) groups excluding carboxylic acids is 1. The lowest BCUT2D eigenvalue weighted by Crippen LogP contribution is -2.71. The molecule has 0 radical (unpaired) electrons. The molecule has 1 amide bonds. The molecule has 0 aromatic heterocycles. The van der Waals surface area contributed by atoms with Gasteiger partial charge in [0, 0.05) is 13.1 Å². The second-order valence-corrected chi connectivity index (χ2v) is 8.86. The Morgan fingerprint density at radius 1 is 1.10 bits per heavy atom. The van der Waals surface area contributed by atoms with E-state index in [0.29, 0.717) is 49.3 Å². The number of hydrogen-bond acceptors (Lipinski definition) is 5. The number of nitriles is 1. The molecule has 0 aliphatic carbocycles. The predicted molar refractivity (Wildman–Crippen MR) is 112 cm³/mol. The SMILES string of the molecule is N#CCN1CCN(C(=O)Cc2ccc(Cl)c(Cl)c2)[C@@H]2C(N3CCCC3)COC[C@H]21. The second kappa shape index (κ2) is 9.20. The van der Waals surface area contributed by atoms with Gasteiger partial charge >= 0.3 is 0 Å². The summed E-state index contributed by atoms with van der Waals surface area (Å²) in [7, 11) is 0. The van der Waals surface area contributed by atoms with E-state index in [1.807, 2.05) is 11.0 Å². The number of ether oxygens (including phenoxy) is 1. The lowest BCUT2D eigenvalue weighted by Gasteiger charge is -2.53. The highest BCUT2D eigenvalue weighted by atomic mass is 35.5. The van der Waals surface area contributed by atoms with Crippen LogP contribution in [0.3, 0.4) is 0 Å². The summed E-state index contributed by atoms with van der Waals surface area (Å²) in [4.78, 5) is 20.0. The summed E-state index contributed by atoms with van der Waals surface area (Å²) in [5.74, 6) is 0.0982. The van der Waals surface area contributed by atoms with Crippen LogP contribution in [0.4, 0.5) is 0 Å². The average molecular weight is 437 g/mol. The first-order valence-corrected chi connectivity index (χ1v) is 11.0. The van der Waals surface area contributed by atoms with Crippen molar-refractivity contribution in [2.24, 2.45) is 0 Å². The first-order chi connectivity index (χ1) is 14.1. The lowest BCUT2D eigenvalue weighted by atomic mass is 9.91. The molecule has 3 aliphatic rings. The summed E-state index contributed by atoms with van der Waals surface area (Å²) < 4.78 is 5.95. The topological polar surface area (TPSA) is 59.8 Å². The van der Waals surface area contributed by atoms with Crippen LogP contribution in [0.5, 0.6) is 0 Å². The third-order valence-corrected chi connectivity index (χ3v) is 7.10. The van der Waals surface area contributed by atoms with Gasteiger partial charge in [-0.05, 0) is 43.6 Å². The number of piperazine rings is 1. The summed E-state index contributed by atoms with van der Waals surface area (Å²) >= 11 is 12.2. The molecular formula is C21H26Cl2N4O2. The minimum Gasteiger partial charge on any atom is -0.378 e. The molecule has 3 heterocycles. The molecule has 0 saturated carbocycles. The van der Waals surface area contributed by atoms with E-state index in [0.717, 1.165) is 18.7 Å². The van der Waals surface area contributed by atoms with Crippen LogP contribution >= 0.6 is 23.2 Å². The van der Waals surface area contributed by atoms with Crippen LogP contribution in [0, 0.1) is 11.3 Å². The standard InChI is InChI=1S/C21H26Cl2N4O2/c22-16-4-3-15(11-17(16)23)12-20(28)27-10-9-26(8-5-24)19-14-29-13-18(21(19)27)25-6-1-2-7-25/h3-4,11,18-19,21H,1-2,6-10,12-14H2/t18?,19-,21-/m1/s1. The summed E-state index contributed by atoms with van der Waals surface area (Å²) in [5, 5.41) is 10.2. The lowest BCUT2D eigenvalue weighted by molar-refractivity contribution is -0.151. The van der Waals surface area contributed by atoms with Gasteiger partial charge in [0.2, 0.25) is 5.91 Å². The third kappa shape index (κ3) is 4.40. The van der Waals surface area contributed by atoms with Crippen LogP contribution in [0.2, 0.25) is 10.0 Å². The molecule has 0 N–H and O–H groups in total. The van der Waals surface area contributed by atoms with Gasteiger partial charge in [0.1, 0.15) is 0 Å². The summed E-state index contributed by atoms with van der Waals surface area (Å²) in [5.41, 5.74) is 0.866. The van der Waals surface area contributed by atoms with Crippen LogP contribution in [0.25, 0.3) is 0 Å². The van der Waals surface area contributed by atoms with Crippen molar-refractivity contribution in [1.82, 2.24) is 14.7 Å². The van der Waals surface area contributed by atoms with Gasteiger partial charge in [0.25, 0.3) is 0 Å². The van der Waals surface area contributed by atoms with Crippen molar-refractivity contribution in [3.05, 3.63) is 33.8 Å². The van der Waals surface area contributed by atoms with E-state index < -0.39 is 0 Å². The van der Waals surface area contributed by atoms with Crippen molar-refractivity contribution in [1.29, 1.82) is 5.26 Å². The number of hydrogen-bond donors (Lipinski definition) is 0. The first kappa shape index (κ1) is 20.9. The maximum absolute atomic E-state index is 13.4. The maximum atomic E-state index is 13.4. The van der Waals surface area contributed by atoms with Crippen molar-refractivity contribution >= 4 is 29.1 Å². The van der Waals surface area contributed by atoms with E-state index in [9.17, 15) is 10.1 Å². The monoisotopic (exact) mass is 436 g/mol. The maximum Gasteiger partial charge on any atom is 0.227 e. The Bertz CT molecular complexity index is 793. The Labute approximate surface area is 181 Å². The third-order valence-electron chi connectivity index (χ3n) is 6.37. The van der Waals surface area contributed by atoms with Gasteiger partial charge in [-0.1, -0.05) is 29.3 Å². The van der Waals surface area contributed by atoms with Gasteiger partial charge in [0.15, 0.2) is 0 Å². The van der Waals surface area contributed by atoms with E-state index in [1.165, 1.54) is 12.8 Å². The minimum atomic E-state index is 0.0409. The van der Waals surface area contributed by atoms with Crippen molar-refractivity contribution < 1.29 is 9.53 Å². The number of likely N-dealkylation sites (tertiary alicyclic amines) is 1. The van der Waals surface area contributed by atoms with E-state index in [-0.39, 0.29) is 24.0 Å². The number of fused-ring (bicyclic) bond motifs is 1. The zero-order valence-corrected chi connectivity index (χ0v) is 17.9. The Morgan fingerprint density at radius 3 is 2.59 bits per heavy atom.